The van der Waals surface area contributed by atoms with Gasteiger partial charge < -0.3 is 0 Å². The van der Waals surface area contributed by atoms with Crippen LogP contribution < -0.4 is 32.3 Å². The van der Waals surface area contributed by atoms with Gasteiger partial charge >= 0.3 is 0 Å². The Morgan fingerprint density at radius 1 is 0.600 bits per heavy atom. The van der Waals surface area contributed by atoms with Crippen LogP contribution in [-0.2, 0) is 0 Å². The van der Waals surface area contributed by atoms with E-state index in [9.17, 15) is 0 Å². The first-order valence-electron chi connectivity index (χ1n) is 10.7. The lowest BCUT2D eigenvalue weighted by atomic mass is 9.35. The van der Waals surface area contributed by atoms with Crippen molar-refractivity contribution in [2.45, 2.75) is 20.8 Å². The van der Waals surface area contributed by atoms with Crippen LogP contribution in [0.4, 0.5) is 0 Å². The Balaban J connectivity index is 1.87. The van der Waals surface area contributed by atoms with Crippen LogP contribution in [0.3, 0.4) is 0 Å². The molecule has 0 spiro atoms. The first-order valence-corrected chi connectivity index (χ1v) is 12.9. The molecule has 0 aromatic heterocycles. The van der Waals surface area contributed by atoms with Crippen LogP contribution in [0.5, 0.6) is 0 Å². The summed E-state index contributed by atoms with van der Waals surface area (Å²) < 4.78 is 0. The van der Waals surface area contributed by atoms with Crippen molar-refractivity contribution in [2.75, 3.05) is 6.66 Å². The fourth-order valence-corrected chi connectivity index (χ4v) is 9.33. The van der Waals surface area contributed by atoms with Crippen LogP contribution in [-0.4, -0.2) is 13.4 Å². The van der Waals surface area contributed by atoms with Gasteiger partial charge in [0.1, 0.15) is 12.6 Å². The van der Waals surface area contributed by atoms with E-state index in [1.807, 2.05) is 0 Å². The van der Waals surface area contributed by atoms with E-state index in [0.29, 0.717) is 0 Å². The average molecular weight is 405 g/mol. The maximum Gasteiger partial charge on any atom is 0.252 e. The van der Waals surface area contributed by atoms with Gasteiger partial charge in [0.15, 0.2) is 0 Å². The second-order valence-electron chi connectivity index (χ2n) is 8.70. The lowest BCUT2D eigenvalue weighted by molar-refractivity contribution is 1.35. The van der Waals surface area contributed by atoms with Crippen LogP contribution >= 0.6 is 7.26 Å². The van der Waals surface area contributed by atoms with E-state index in [-0.39, 0.29) is 6.71 Å². The number of benzene rings is 4. The molecule has 1 heterocycles. The summed E-state index contributed by atoms with van der Waals surface area (Å²) in [6, 6.07) is 34.2. The fraction of sp³-hybridized carbons (Fsp3) is 0.143. The fourth-order valence-electron chi connectivity index (χ4n) is 5.54. The van der Waals surface area contributed by atoms with Gasteiger partial charge in [0.05, 0.1) is 17.3 Å². The van der Waals surface area contributed by atoms with E-state index >= 15 is 0 Å². The summed E-state index contributed by atoms with van der Waals surface area (Å²) in [5, 5.41) is 4.51. The molecule has 0 atom stereocenters. The molecule has 0 N–H and O–H groups in total. The van der Waals surface area contributed by atoms with Gasteiger partial charge in [0, 0.05) is 0 Å². The van der Waals surface area contributed by atoms with Crippen molar-refractivity contribution in [3.8, 4) is 0 Å². The number of aryl methyl sites for hydroxylation is 3. The lowest BCUT2D eigenvalue weighted by Crippen LogP contribution is -2.67. The summed E-state index contributed by atoms with van der Waals surface area (Å²) in [5.41, 5.74) is 8.55. The Hall–Kier alpha value is -2.63. The first-order chi connectivity index (χ1) is 14.5. The molecule has 0 saturated heterocycles. The molecule has 2 heteroatoms. The minimum Gasteiger partial charge on any atom is -0.0631 e. The molecule has 4 aromatic carbocycles. The Bertz CT molecular complexity index is 1170. The Labute approximate surface area is 181 Å². The molecule has 0 amide bonds. The molecule has 0 unspecified atom stereocenters. The highest BCUT2D eigenvalue weighted by atomic mass is 31.2. The SMILES string of the molecule is Cc1cc(C)c(B2c3ccccc3[P+](C)(c3ccccc3)c3ccccc32)c(C)c1. The van der Waals surface area contributed by atoms with Gasteiger partial charge in [-0.1, -0.05) is 88.9 Å². The second-order valence-corrected chi connectivity index (χ2v) is 12.2. The van der Waals surface area contributed by atoms with Crippen molar-refractivity contribution >= 4 is 46.3 Å². The van der Waals surface area contributed by atoms with E-state index < -0.39 is 7.26 Å². The zero-order valence-corrected chi connectivity index (χ0v) is 19.1. The topological polar surface area (TPSA) is 0 Å². The quantitative estimate of drug-likeness (QED) is 0.355. The molecule has 0 saturated carbocycles. The first kappa shape index (κ1) is 19.3. The Kier molecular flexibility index (Phi) is 4.68. The van der Waals surface area contributed by atoms with Crippen molar-refractivity contribution in [1.29, 1.82) is 0 Å². The Morgan fingerprint density at radius 3 is 1.60 bits per heavy atom. The normalized spacial score (nSPS) is 14.2. The zero-order chi connectivity index (χ0) is 20.9. The molecule has 4 aromatic rings. The lowest BCUT2D eigenvalue weighted by Gasteiger charge is -2.35. The number of fused-ring (bicyclic) bond motifs is 2. The molecule has 1 aliphatic heterocycles. The monoisotopic (exact) mass is 405 g/mol. The van der Waals surface area contributed by atoms with Crippen LogP contribution in [0.25, 0.3) is 0 Å². The predicted octanol–water partition coefficient (Wildman–Crippen LogP) is 3.37. The molecule has 0 fully saturated rings. The van der Waals surface area contributed by atoms with Crippen molar-refractivity contribution < 1.29 is 0 Å². The highest BCUT2D eigenvalue weighted by Crippen LogP contribution is 2.51. The molecule has 1 aliphatic rings. The summed E-state index contributed by atoms with van der Waals surface area (Å²) in [7, 11) is -1.69. The third kappa shape index (κ3) is 2.80. The average Bonchev–Trinajstić information content (AvgIpc) is 2.76. The Morgan fingerprint density at radius 2 is 1.07 bits per heavy atom. The molecular formula is C28H27BP+. The number of hydrogen-bond donors (Lipinski definition) is 0. The van der Waals surface area contributed by atoms with Crippen LogP contribution in [0.15, 0.2) is 91.0 Å². The molecule has 0 aliphatic carbocycles. The molecule has 30 heavy (non-hydrogen) atoms. The minimum absolute atomic E-state index is 0.287. The summed E-state index contributed by atoms with van der Waals surface area (Å²) in [5.74, 6) is 0. The molecule has 0 bridgehead atoms. The standard InChI is InChI=1S/C28H27BP/c1-20-18-21(2)28(22(3)19-20)29-24-14-8-10-16-26(24)30(4,23-12-6-5-7-13-23)27-17-11-9-15-25(27)29/h5-19H,1-4H3/q+1. The van der Waals surface area contributed by atoms with Crippen molar-refractivity contribution in [2.24, 2.45) is 0 Å². The van der Waals surface area contributed by atoms with Gasteiger partial charge in [-0.3, -0.25) is 0 Å². The van der Waals surface area contributed by atoms with E-state index in [2.05, 4.69) is 118 Å². The van der Waals surface area contributed by atoms with Gasteiger partial charge in [0.2, 0.25) is 0 Å². The van der Waals surface area contributed by atoms with Crippen LogP contribution in [0.2, 0.25) is 0 Å². The summed E-state index contributed by atoms with van der Waals surface area (Å²) in [4.78, 5) is 0. The molecular weight excluding hydrogens is 378 g/mol. The summed E-state index contributed by atoms with van der Waals surface area (Å²) in [6.07, 6.45) is 0. The van der Waals surface area contributed by atoms with Gasteiger partial charge in [-0.05, 0) is 56.0 Å². The molecule has 0 radical (unpaired) electrons. The minimum atomic E-state index is -1.69. The van der Waals surface area contributed by atoms with Gasteiger partial charge in [0.25, 0.3) is 6.71 Å². The maximum atomic E-state index is 2.51. The molecule has 146 valence electrons. The van der Waals surface area contributed by atoms with E-state index in [1.54, 1.807) is 0 Å². The van der Waals surface area contributed by atoms with E-state index in [1.165, 1.54) is 49.0 Å². The number of hydrogen-bond acceptors (Lipinski definition) is 0. The molecule has 0 nitrogen and oxygen atoms in total. The van der Waals surface area contributed by atoms with Gasteiger partial charge in [-0.15, -0.1) is 0 Å². The van der Waals surface area contributed by atoms with E-state index in [4.69, 9.17) is 0 Å². The number of rotatable bonds is 2. The highest BCUT2D eigenvalue weighted by molar-refractivity contribution is 7.96. The third-order valence-corrected chi connectivity index (χ3v) is 10.8. The van der Waals surface area contributed by atoms with E-state index in [0.717, 1.165) is 0 Å². The summed E-state index contributed by atoms with van der Waals surface area (Å²) in [6.45, 7) is 9.55. The third-order valence-electron chi connectivity index (χ3n) is 6.76. The molecule has 5 rings (SSSR count). The predicted molar refractivity (Wildman–Crippen MR) is 136 cm³/mol. The second kappa shape index (κ2) is 7.26. The van der Waals surface area contributed by atoms with Crippen molar-refractivity contribution in [3.05, 3.63) is 108 Å². The van der Waals surface area contributed by atoms with Crippen molar-refractivity contribution in [3.63, 3.8) is 0 Å². The van der Waals surface area contributed by atoms with Gasteiger partial charge in [-0.2, -0.15) is 0 Å². The maximum absolute atomic E-state index is 2.51. The smallest absolute Gasteiger partial charge is 0.0631 e. The van der Waals surface area contributed by atoms with Crippen LogP contribution in [0, 0.1) is 20.8 Å². The largest absolute Gasteiger partial charge is 0.252 e. The van der Waals surface area contributed by atoms with Crippen molar-refractivity contribution in [1.82, 2.24) is 0 Å². The highest BCUT2D eigenvalue weighted by Gasteiger charge is 2.50. The summed E-state index contributed by atoms with van der Waals surface area (Å²) >= 11 is 0. The zero-order valence-electron chi connectivity index (χ0n) is 18.2. The van der Waals surface area contributed by atoms with Gasteiger partial charge in [-0.25, -0.2) is 0 Å². The van der Waals surface area contributed by atoms with Crippen LogP contribution in [0.1, 0.15) is 16.7 Å².